The van der Waals surface area contributed by atoms with E-state index in [1.807, 2.05) is 30.5 Å². The van der Waals surface area contributed by atoms with Crippen LogP contribution >= 0.6 is 0 Å². The van der Waals surface area contributed by atoms with E-state index in [1.54, 1.807) is 13.2 Å². The highest BCUT2D eigenvalue weighted by atomic mass is 19.2. The summed E-state index contributed by atoms with van der Waals surface area (Å²) < 4.78 is 20.2. The number of nitrogens with zero attached hydrogens (tertiary/aromatic N) is 5. The summed E-state index contributed by atoms with van der Waals surface area (Å²) in [6, 6.07) is 8.51. The molecular formula is C28H32FN5O. The molecule has 182 valence electrons. The number of halogens is 1. The molecule has 0 unspecified atom stereocenters. The first kappa shape index (κ1) is 22.2. The highest BCUT2D eigenvalue weighted by Gasteiger charge is 2.34. The molecule has 2 saturated heterocycles. The maximum Gasteiger partial charge on any atom is 0.125 e. The molecule has 6 rings (SSSR count). The van der Waals surface area contributed by atoms with Gasteiger partial charge in [-0.1, -0.05) is 28.8 Å². The van der Waals surface area contributed by atoms with E-state index in [-0.39, 0.29) is 6.04 Å². The number of aromatic nitrogens is 1. The maximum absolute atomic E-state index is 14.6. The van der Waals surface area contributed by atoms with Crippen molar-refractivity contribution in [3.63, 3.8) is 0 Å². The van der Waals surface area contributed by atoms with Gasteiger partial charge in [0.1, 0.15) is 11.8 Å². The van der Waals surface area contributed by atoms with Crippen molar-refractivity contribution in [2.45, 2.75) is 24.9 Å². The first-order valence-electron chi connectivity index (χ1n) is 12.6. The van der Waals surface area contributed by atoms with Crippen LogP contribution in [0.25, 0.3) is 10.9 Å². The summed E-state index contributed by atoms with van der Waals surface area (Å²) in [6.45, 7) is 5.98. The summed E-state index contributed by atoms with van der Waals surface area (Å²) >= 11 is 0. The van der Waals surface area contributed by atoms with Gasteiger partial charge in [-0.25, -0.2) is 5.12 Å². The molecule has 1 aliphatic carbocycles. The van der Waals surface area contributed by atoms with Crippen molar-refractivity contribution in [2.75, 3.05) is 51.3 Å². The van der Waals surface area contributed by atoms with Crippen molar-refractivity contribution in [3.8, 4) is 5.75 Å². The molecule has 0 spiro atoms. The van der Waals surface area contributed by atoms with Crippen LogP contribution in [-0.4, -0.2) is 78.4 Å². The van der Waals surface area contributed by atoms with Gasteiger partial charge in [0.05, 0.1) is 18.3 Å². The minimum absolute atomic E-state index is 0.309. The normalized spacial score (nSPS) is 23.4. The Hall–Kier alpha value is -3.32. The molecule has 4 heterocycles. The van der Waals surface area contributed by atoms with E-state index >= 15 is 0 Å². The molecule has 6 nitrogen and oxygen atoms in total. The average molecular weight is 474 g/mol. The Labute approximate surface area is 206 Å². The number of rotatable bonds is 4. The molecule has 4 aliphatic rings. The average Bonchev–Trinajstić information content (AvgIpc) is 2.92. The lowest BCUT2D eigenvalue weighted by Crippen LogP contribution is -2.54. The highest BCUT2D eigenvalue weighted by molar-refractivity contribution is 5.92. The number of likely N-dealkylation sites (tertiary alicyclic amines) is 1. The summed E-state index contributed by atoms with van der Waals surface area (Å²) in [5.41, 5.74) is 4.29. The molecule has 1 aromatic heterocycles. The Kier molecular flexibility index (Phi) is 5.94. The van der Waals surface area contributed by atoms with Crippen LogP contribution in [0.4, 0.5) is 10.2 Å². The number of benzene rings is 1. The van der Waals surface area contributed by atoms with Crippen LogP contribution in [0.2, 0.25) is 0 Å². The van der Waals surface area contributed by atoms with E-state index < -0.39 is 0 Å². The van der Waals surface area contributed by atoms with E-state index in [0.717, 1.165) is 90.8 Å². The lowest BCUT2D eigenvalue weighted by atomic mass is 9.93. The number of methoxy groups -OCH3 is 1. The van der Waals surface area contributed by atoms with Gasteiger partial charge in [0.25, 0.3) is 0 Å². The van der Waals surface area contributed by atoms with Gasteiger partial charge in [0.15, 0.2) is 0 Å². The van der Waals surface area contributed by atoms with Gasteiger partial charge in [-0.15, -0.1) is 0 Å². The molecule has 3 aliphatic heterocycles. The predicted molar refractivity (Wildman–Crippen MR) is 138 cm³/mol. The number of hydrogen-bond acceptors (Lipinski definition) is 6. The second kappa shape index (κ2) is 9.38. The monoisotopic (exact) mass is 473 g/mol. The SMILES string of the molecule is COc1cc(N2CCN(C3CCN(C4=CC=CC5=CC=CN(F)[C@@H]54)CC3)CC2)c2ncccc2c1. The van der Waals surface area contributed by atoms with Crippen molar-refractivity contribution in [1.29, 1.82) is 0 Å². The zero-order valence-corrected chi connectivity index (χ0v) is 20.2. The minimum Gasteiger partial charge on any atom is -0.497 e. The molecule has 1 atom stereocenters. The smallest absolute Gasteiger partial charge is 0.125 e. The van der Waals surface area contributed by atoms with Crippen molar-refractivity contribution in [3.05, 3.63) is 78.3 Å². The second-order valence-corrected chi connectivity index (χ2v) is 9.67. The van der Waals surface area contributed by atoms with Gasteiger partial charge >= 0.3 is 0 Å². The minimum atomic E-state index is -0.309. The molecule has 0 radical (unpaired) electrons. The van der Waals surface area contributed by atoms with Crippen LogP contribution < -0.4 is 9.64 Å². The van der Waals surface area contributed by atoms with Gasteiger partial charge < -0.3 is 14.5 Å². The summed E-state index contributed by atoms with van der Waals surface area (Å²) in [5.74, 6) is 0.875. The quantitative estimate of drug-likeness (QED) is 0.617. The van der Waals surface area contributed by atoms with E-state index in [4.69, 9.17) is 4.74 Å². The van der Waals surface area contributed by atoms with E-state index in [0.29, 0.717) is 6.04 Å². The lowest BCUT2D eigenvalue weighted by Gasteiger charge is -2.45. The van der Waals surface area contributed by atoms with Crippen LogP contribution in [0, 0.1) is 0 Å². The lowest BCUT2D eigenvalue weighted by molar-refractivity contribution is 0.0453. The van der Waals surface area contributed by atoms with Gasteiger partial charge in [-0.3, -0.25) is 9.88 Å². The van der Waals surface area contributed by atoms with Gasteiger partial charge in [-0.05, 0) is 42.7 Å². The Morgan fingerprint density at radius 3 is 2.60 bits per heavy atom. The molecule has 0 bridgehead atoms. The van der Waals surface area contributed by atoms with E-state index in [9.17, 15) is 4.48 Å². The number of piperidine rings is 1. The summed E-state index contributed by atoms with van der Waals surface area (Å²) in [4.78, 5) is 12.1. The Morgan fingerprint density at radius 1 is 0.971 bits per heavy atom. The van der Waals surface area contributed by atoms with Crippen LogP contribution in [0.5, 0.6) is 5.75 Å². The number of fused-ring (bicyclic) bond motifs is 2. The summed E-state index contributed by atoms with van der Waals surface area (Å²) in [5, 5.41) is 1.95. The fourth-order valence-corrected chi connectivity index (χ4v) is 5.95. The third-order valence-corrected chi connectivity index (χ3v) is 7.81. The molecule has 1 aromatic carbocycles. The first-order valence-corrected chi connectivity index (χ1v) is 12.6. The van der Waals surface area contributed by atoms with Crippen molar-refractivity contribution >= 4 is 16.6 Å². The van der Waals surface area contributed by atoms with Crippen molar-refractivity contribution in [2.24, 2.45) is 0 Å². The predicted octanol–water partition coefficient (Wildman–Crippen LogP) is 4.29. The maximum atomic E-state index is 14.6. The number of pyridine rings is 1. The fourth-order valence-electron chi connectivity index (χ4n) is 5.95. The zero-order valence-electron chi connectivity index (χ0n) is 20.2. The third kappa shape index (κ3) is 4.18. The summed E-state index contributed by atoms with van der Waals surface area (Å²) in [6.07, 6.45) is 15.5. The Morgan fingerprint density at radius 2 is 1.80 bits per heavy atom. The molecular weight excluding hydrogens is 441 g/mol. The van der Waals surface area contributed by atoms with Crippen LogP contribution in [0.3, 0.4) is 0 Å². The van der Waals surface area contributed by atoms with Gasteiger partial charge in [0, 0.05) is 74.9 Å². The first-order chi connectivity index (χ1) is 17.2. The number of allylic oxidation sites excluding steroid dienone is 4. The Balaban J connectivity index is 1.09. The molecule has 0 saturated carbocycles. The largest absolute Gasteiger partial charge is 0.497 e. The Bertz CT molecular complexity index is 1210. The summed E-state index contributed by atoms with van der Waals surface area (Å²) in [7, 11) is 1.72. The second-order valence-electron chi connectivity index (χ2n) is 9.67. The third-order valence-electron chi connectivity index (χ3n) is 7.81. The van der Waals surface area contributed by atoms with E-state index in [1.165, 1.54) is 6.20 Å². The number of hydrogen-bond donors (Lipinski definition) is 0. The van der Waals surface area contributed by atoms with Gasteiger partial charge in [0.2, 0.25) is 0 Å². The molecule has 7 heteroatoms. The number of ether oxygens (including phenoxy) is 1. The topological polar surface area (TPSA) is 35.1 Å². The van der Waals surface area contributed by atoms with Gasteiger partial charge in [-0.2, -0.15) is 0 Å². The molecule has 0 amide bonds. The van der Waals surface area contributed by atoms with Crippen molar-refractivity contribution in [1.82, 2.24) is 19.9 Å². The molecule has 2 fully saturated rings. The number of anilines is 1. The van der Waals surface area contributed by atoms with Crippen LogP contribution in [0.15, 0.2) is 78.3 Å². The van der Waals surface area contributed by atoms with Crippen LogP contribution in [-0.2, 0) is 0 Å². The van der Waals surface area contributed by atoms with Crippen LogP contribution in [0.1, 0.15) is 12.8 Å². The molecule has 0 N–H and O–H groups in total. The fraction of sp³-hybridized carbons (Fsp3) is 0.393. The molecule has 35 heavy (non-hydrogen) atoms. The zero-order chi connectivity index (χ0) is 23.8. The number of piperazine rings is 1. The van der Waals surface area contributed by atoms with E-state index in [2.05, 4.69) is 44.0 Å². The highest BCUT2D eigenvalue weighted by Crippen LogP contribution is 2.34. The standard InChI is InChI=1S/C28H32FN5O/c1-35-24-19-22-6-3-11-30-27(22)26(20-24)33-17-15-31(16-18-33)23-9-13-32(14-10-23)25-8-2-5-21-7-4-12-34(29)28(21)25/h2-8,11-12,19-20,23,28H,9-10,13-18H2,1H3/t28-/m0/s1. The molecule has 2 aromatic rings. The van der Waals surface area contributed by atoms with Crippen molar-refractivity contribution < 1.29 is 9.22 Å².